The van der Waals surface area contributed by atoms with Gasteiger partial charge in [0.05, 0.1) is 0 Å². The zero-order valence-electron chi connectivity index (χ0n) is 5.18. The Morgan fingerprint density at radius 2 is 2.38 bits per heavy atom. The lowest BCUT2D eigenvalue weighted by atomic mass is 10.5. The minimum atomic E-state index is 0.148. The van der Waals surface area contributed by atoms with Crippen molar-refractivity contribution >= 4 is 16.9 Å². The van der Waals surface area contributed by atoms with E-state index in [9.17, 15) is 4.79 Å². The van der Waals surface area contributed by atoms with E-state index in [2.05, 4.69) is 0 Å². The van der Waals surface area contributed by atoms with E-state index in [1.165, 1.54) is 11.8 Å². The van der Waals surface area contributed by atoms with Gasteiger partial charge in [0, 0.05) is 6.92 Å². The summed E-state index contributed by atoms with van der Waals surface area (Å²) in [6, 6.07) is 0. The normalized spacial score (nSPS) is 10.2. The van der Waals surface area contributed by atoms with Crippen LogP contribution in [0.25, 0.3) is 0 Å². The van der Waals surface area contributed by atoms with Gasteiger partial charge in [-0.3, -0.25) is 4.79 Å². The molecule has 0 unspecified atom stereocenters. The minimum absolute atomic E-state index is 0.148. The van der Waals surface area contributed by atoms with Crippen LogP contribution >= 0.6 is 11.8 Å². The molecule has 0 spiro atoms. The Morgan fingerprint density at radius 1 is 1.75 bits per heavy atom. The molecule has 0 N–H and O–H groups in total. The van der Waals surface area contributed by atoms with Crippen LogP contribution in [0, 0.1) is 0 Å². The zero-order chi connectivity index (χ0) is 6.41. The standard InChI is InChI=1S/C6H10OS/c1-3-4-5-8-6(2)7/h4-5H,3H2,1-2H3/b5-4+. The van der Waals surface area contributed by atoms with Crippen LogP contribution in [0.3, 0.4) is 0 Å². The van der Waals surface area contributed by atoms with E-state index in [1.54, 1.807) is 6.92 Å². The van der Waals surface area contributed by atoms with Crippen molar-refractivity contribution in [3.63, 3.8) is 0 Å². The maximum absolute atomic E-state index is 10.2. The molecular weight excluding hydrogens is 120 g/mol. The third-order valence-electron chi connectivity index (χ3n) is 0.566. The molecule has 0 bridgehead atoms. The van der Waals surface area contributed by atoms with Gasteiger partial charge in [0.1, 0.15) is 0 Å². The number of thioether (sulfide) groups is 1. The average molecular weight is 130 g/mol. The van der Waals surface area contributed by atoms with Gasteiger partial charge >= 0.3 is 0 Å². The van der Waals surface area contributed by atoms with Crippen molar-refractivity contribution in [2.45, 2.75) is 20.3 Å². The van der Waals surface area contributed by atoms with E-state index in [0.29, 0.717) is 0 Å². The fraction of sp³-hybridized carbons (Fsp3) is 0.500. The highest BCUT2D eigenvalue weighted by molar-refractivity contribution is 8.16. The van der Waals surface area contributed by atoms with E-state index in [4.69, 9.17) is 0 Å². The number of carbonyl (C=O) groups excluding carboxylic acids is 1. The molecule has 1 nitrogen and oxygen atoms in total. The Labute approximate surface area is 54.2 Å². The molecule has 0 aliphatic heterocycles. The van der Waals surface area contributed by atoms with E-state index < -0.39 is 0 Å². The van der Waals surface area contributed by atoms with Gasteiger partial charge in [0.15, 0.2) is 5.12 Å². The molecule has 0 aromatic carbocycles. The van der Waals surface area contributed by atoms with Crippen molar-refractivity contribution < 1.29 is 4.79 Å². The van der Waals surface area contributed by atoms with E-state index in [0.717, 1.165) is 6.42 Å². The quantitative estimate of drug-likeness (QED) is 0.570. The van der Waals surface area contributed by atoms with E-state index in [-0.39, 0.29) is 5.12 Å². The number of hydrogen-bond acceptors (Lipinski definition) is 2. The van der Waals surface area contributed by atoms with E-state index in [1.807, 2.05) is 18.4 Å². The van der Waals surface area contributed by atoms with Crippen LogP contribution in [0.5, 0.6) is 0 Å². The Kier molecular flexibility index (Phi) is 4.76. The van der Waals surface area contributed by atoms with Crippen LogP contribution in [-0.4, -0.2) is 5.12 Å². The average Bonchev–Trinajstić information content (AvgIpc) is 1.66. The summed E-state index contributed by atoms with van der Waals surface area (Å²) in [6.45, 7) is 3.60. The third-order valence-corrected chi connectivity index (χ3v) is 1.23. The molecule has 2 heteroatoms. The zero-order valence-corrected chi connectivity index (χ0v) is 5.99. The molecule has 0 aromatic heterocycles. The van der Waals surface area contributed by atoms with Crippen LogP contribution in [-0.2, 0) is 4.79 Å². The Balaban J connectivity index is 3.16. The Hall–Kier alpha value is -0.240. The maximum atomic E-state index is 10.2. The number of allylic oxidation sites excluding steroid dienone is 1. The van der Waals surface area contributed by atoms with Gasteiger partial charge in [-0.05, 0) is 11.8 Å². The van der Waals surface area contributed by atoms with Crippen molar-refractivity contribution in [3.8, 4) is 0 Å². The smallest absolute Gasteiger partial charge is 0.190 e. The molecule has 0 aliphatic rings. The van der Waals surface area contributed by atoms with Gasteiger partial charge in [0.2, 0.25) is 0 Å². The lowest BCUT2D eigenvalue weighted by Crippen LogP contribution is -1.73. The minimum Gasteiger partial charge on any atom is -0.287 e. The molecule has 0 amide bonds. The summed E-state index contributed by atoms with van der Waals surface area (Å²) in [5.74, 6) is 0. The van der Waals surface area contributed by atoms with Crippen LogP contribution in [0.4, 0.5) is 0 Å². The summed E-state index contributed by atoms with van der Waals surface area (Å²) in [7, 11) is 0. The first-order chi connectivity index (χ1) is 3.77. The van der Waals surface area contributed by atoms with Crippen molar-refractivity contribution in [1.82, 2.24) is 0 Å². The first-order valence-electron chi connectivity index (χ1n) is 2.59. The second-order valence-electron chi connectivity index (χ2n) is 1.39. The summed E-state index contributed by atoms with van der Waals surface area (Å²) in [4.78, 5) is 10.2. The van der Waals surface area contributed by atoms with Gasteiger partial charge in [-0.2, -0.15) is 0 Å². The molecule has 0 heterocycles. The molecule has 46 valence electrons. The summed E-state index contributed by atoms with van der Waals surface area (Å²) >= 11 is 1.24. The Bertz CT molecular complexity index is 96.7. The topological polar surface area (TPSA) is 17.1 Å². The SMILES string of the molecule is CC/C=C/SC(C)=O. The summed E-state index contributed by atoms with van der Waals surface area (Å²) in [5, 5.41) is 1.97. The van der Waals surface area contributed by atoms with Crippen LogP contribution in [0.15, 0.2) is 11.5 Å². The predicted octanol–water partition coefficient (Wildman–Crippen LogP) is 2.19. The highest BCUT2D eigenvalue weighted by Gasteiger charge is 1.83. The van der Waals surface area contributed by atoms with Gasteiger partial charge in [-0.1, -0.05) is 24.8 Å². The third kappa shape index (κ3) is 5.76. The van der Waals surface area contributed by atoms with Gasteiger partial charge in [-0.25, -0.2) is 0 Å². The summed E-state index contributed by atoms with van der Waals surface area (Å²) in [6.07, 6.45) is 2.96. The van der Waals surface area contributed by atoms with Crippen molar-refractivity contribution in [2.24, 2.45) is 0 Å². The fourth-order valence-electron chi connectivity index (χ4n) is 0.240. The van der Waals surface area contributed by atoms with Crippen LogP contribution in [0.2, 0.25) is 0 Å². The van der Waals surface area contributed by atoms with Crippen molar-refractivity contribution in [2.75, 3.05) is 0 Å². The lowest BCUT2D eigenvalue weighted by Gasteiger charge is -1.80. The van der Waals surface area contributed by atoms with Crippen LogP contribution < -0.4 is 0 Å². The van der Waals surface area contributed by atoms with Gasteiger partial charge in [-0.15, -0.1) is 0 Å². The maximum Gasteiger partial charge on any atom is 0.190 e. The highest BCUT2D eigenvalue weighted by atomic mass is 32.2. The monoisotopic (exact) mass is 130 g/mol. The summed E-state index contributed by atoms with van der Waals surface area (Å²) in [5.41, 5.74) is 0. The number of hydrogen-bond donors (Lipinski definition) is 0. The largest absolute Gasteiger partial charge is 0.287 e. The van der Waals surface area contributed by atoms with Crippen LogP contribution in [0.1, 0.15) is 20.3 Å². The first-order valence-corrected chi connectivity index (χ1v) is 3.47. The predicted molar refractivity (Wildman–Crippen MR) is 37.7 cm³/mol. The molecule has 0 saturated heterocycles. The first kappa shape index (κ1) is 7.76. The lowest BCUT2D eigenvalue weighted by molar-refractivity contribution is -0.109. The number of rotatable bonds is 2. The summed E-state index contributed by atoms with van der Waals surface area (Å²) < 4.78 is 0. The second kappa shape index (κ2) is 4.91. The Morgan fingerprint density at radius 3 is 2.75 bits per heavy atom. The highest BCUT2D eigenvalue weighted by Crippen LogP contribution is 2.02. The molecule has 0 rings (SSSR count). The van der Waals surface area contributed by atoms with Crippen molar-refractivity contribution in [1.29, 1.82) is 0 Å². The fourth-order valence-corrected chi connectivity index (χ4v) is 0.720. The molecule has 0 fully saturated rings. The molecule has 0 aliphatic carbocycles. The molecule has 0 atom stereocenters. The van der Waals surface area contributed by atoms with Gasteiger partial charge < -0.3 is 0 Å². The second-order valence-corrected chi connectivity index (χ2v) is 2.47. The molecular formula is C6H10OS. The molecule has 8 heavy (non-hydrogen) atoms. The molecule has 0 aromatic rings. The molecule has 0 saturated carbocycles. The van der Waals surface area contributed by atoms with Gasteiger partial charge in [0.25, 0.3) is 0 Å². The van der Waals surface area contributed by atoms with Crippen molar-refractivity contribution in [3.05, 3.63) is 11.5 Å². The van der Waals surface area contributed by atoms with E-state index >= 15 is 0 Å². The number of carbonyl (C=O) groups is 1. The molecule has 0 radical (unpaired) electrons.